The van der Waals surface area contributed by atoms with Crippen LogP contribution in [0.1, 0.15) is 27.3 Å². The minimum absolute atomic E-state index is 0.0642. The van der Waals surface area contributed by atoms with Crippen molar-refractivity contribution in [2.24, 2.45) is 0 Å². The number of aliphatic hydroxyl groups excluding tert-OH is 1. The number of rotatable bonds is 2. The number of carbonyl (C=O) groups excluding carboxylic acids is 1. The van der Waals surface area contributed by atoms with E-state index in [9.17, 15) is 4.79 Å². The van der Waals surface area contributed by atoms with Gasteiger partial charge in [0, 0.05) is 11.1 Å². The molecule has 0 aliphatic heterocycles. The Kier molecular flexibility index (Phi) is 4.13. The highest BCUT2D eigenvalue weighted by atomic mass is 16.5. The fourth-order valence-corrected chi connectivity index (χ4v) is 1.60. The number of aromatic nitrogens is 2. The van der Waals surface area contributed by atoms with E-state index in [0.29, 0.717) is 11.4 Å². The maximum atomic E-state index is 12.0. The average molecular weight is 271 g/mol. The van der Waals surface area contributed by atoms with Crippen molar-refractivity contribution in [2.45, 2.75) is 13.8 Å². The fourth-order valence-electron chi connectivity index (χ4n) is 1.60. The van der Waals surface area contributed by atoms with Crippen LogP contribution in [0.5, 0.6) is 0 Å². The quantitative estimate of drug-likeness (QED) is 0.803. The molecule has 6 nitrogen and oxygen atoms in total. The summed E-state index contributed by atoms with van der Waals surface area (Å²) in [6, 6.07) is 5.15. The molecule has 2 aromatic rings. The molecule has 0 radical (unpaired) electrons. The van der Waals surface area contributed by atoms with Crippen molar-refractivity contribution >= 4 is 11.9 Å². The van der Waals surface area contributed by atoms with Gasteiger partial charge in [0.2, 0.25) is 0 Å². The lowest BCUT2D eigenvalue weighted by molar-refractivity contribution is 0.102. The van der Waals surface area contributed by atoms with Crippen LogP contribution in [-0.4, -0.2) is 27.8 Å². The molecule has 2 rings (SSSR count). The number of benzene rings is 1. The summed E-state index contributed by atoms with van der Waals surface area (Å²) in [7, 11) is 0. The summed E-state index contributed by atoms with van der Waals surface area (Å²) in [6.45, 7) is 3.31. The molecule has 20 heavy (non-hydrogen) atoms. The first-order valence-electron chi connectivity index (χ1n) is 5.92. The van der Waals surface area contributed by atoms with Gasteiger partial charge in [-0.3, -0.25) is 10.1 Å². The highest BCUT2D eigenvalue weighted by molar-refractivity contribution is 6.03. The van der Waals surface area contributed by atoms with E-state index < -0.39 is 0 Å². The number of aryl methyl sites for hydroxylation is 2. The van der Waals surface area contributed by atoms with Crippen LogP contribution < -0.4 is 5.32 Å². The number of hydrogen-bond acceptors (Lipinski definition) is 5. The number of aliphatic hydroxyl groups is 1. The van der Waals surface area contributed by atoms with Gasteiger partial charge in [-0.2, -0.15) is 4.98 Å². The Morgan fingerprint density at radius 3 is 2.85 bits per heavy atom. The summed E-state index contributed by atoms with van der Waals surface area (Å²) < 4.78 is 4.82. The van der Waals surface area contributed by atoms with Gasteiger partial charge < -0.3 is 9.63 Å². The fraction of sp³-hybridized carbons (Fsp3) is 0.214. The SMILES string of the molecule is Cc1noc(NC(=O)c2ccc(C#CCO)c(C)c2)n1. The molecule has 0 spiro atoms. The number of nitrogens with zero attached hydrogens (tertiary/aromatic N) is 2. The largest absolute Gasteiger partial charge is 0.384 e. The van der Waals surface area contributed by atoms with Gasteiger partial charge in [0.1, 0.15) is 6.61 Å². The first kappa shape index (κ1) is 13.8. The summed E-state index contributed by atoms with van der Waals surface area (Å²) >= 11 is 0. The molecule has 1 heterocycles. The molecular weight excluding hydrogens is 258 g/mol. The van der Waals surface area contributed by atoms with E-state index in [2.05, 4.69) is 27.3 Å². The lowest BCUT2D eigenvalue weighted by Crippen LogP contribution is -2.12. The predicted octanol–water partition coefficient (Wildman–Crippen LogP) is 1.28. The highest BCUT2D eigenvalue weighted by Crippen LogP contribution is 2.12. The molecule has 0 unspecified atom stereocenters. The van der Waals surface area contributed by atoms with Crippen LogP contribution in [0.3, 0.4) is 0 Å². The third-order valence-corrected chi connectivity index (χ3v) is 2.54. The van der Waals surface area contributed by atoms with Crippen LogP contribution in [-0.2, 0) is 0 Å². The smallest absolute Gasteiger partial charge is 0.328 e. The molecule has 1 aromatic heterocycles. The average Bonchev–Trinajstić information content (AvgIpc) is 2.82. The van der Waals surface area contributed by atoms with Crippen molar-refractivity contribution in [1.82, 2.24) is 10.1 Å². The molecule has 0 aliphatic rings. The van der Waals surface area contributed by atoms with Crippen molar-refractivity contribution in [3.63, 3.8) is 0 Å². The summed E-state index contributed by atoms with van der Waals surface area (Å²) in [5.74, 6) is 5.49. The van der Waals surface area contributed by atoms with Crippen molar-refractivity contribution in [2.75, 3.05) is 11.9 Å². The summed E-state index contributed by atoms with van der Waals surface area (Å²) in [4.78, 5) is 15.9. The van der Waals surface area contributed by atoms with E-state index in [-0.39, 0.29) is 18.5 Å². The first-order chi connectivity index (χ1) is 9.60. The van der Waals surface area contributed by atoms with Crippen molar-refractivity contribution in [3.05, 3.63) is 40.7 Å². The molecular formula is C14H13N3O3. The summed E-state index contributed by atoms with van der Waals surface area (Å²) in [6.07, 6.45) is 0. The lowest BCUT2D eigenvalue weighted by Gasteiger charge is -2.03. The van der Waals surface area contributed by atoms with Gasteiger partial charge in [0.05, 0.1) is 0 Å². The molecule has 0 fully saturated rings. The van der Waals surface area contributed by atoms with Crippen LogP contribution >= 0.6 is 0 Å². The van der Waals surface area contributed by atoms with Crippen LogP contribution in [0.4, 0.5) is 6.01 Å². The predicted molar refractivity (Wildman–Crippen MR) is 72.1 cm³/mol. The Hall–Kier alpha value is -2.65. The van der Waals surface area contributed by atoms with Crippen LogP contribution in [0.2, 0.25) is 0 Å². The second-order valence-electron chi connectivity index (χ2n) is 4.09. The molecule has 0 aliphatic carbocycles. The molecule has 1 amide bonds. The lowest BCUT2D eigenvalue weighted by atomic mass is 10.1. The summed E-state index contributed by atoms with van der Waals surface area (Å²) in [5, 5.41) is 14.8. The Balaban J connectivity index is 2.16. The zero-order valence-electron chi connectivity index (χ0n) is 11.1. The van der Waals surface area contributed by atoms with Crippen molar-refractivity contribution in [3.8, 4) is 11.8 Å². The van der Waals surface area contributed by atoms with E-state index in [1.54, 1.807) is 25.1 Å². The normalized spacial score (nSPS) is 9.75. The third-order valence-electron chi connectivity index (χ3n) is 2.54. The van der Waals surface area contributed by atoms with Crippen LogP contribution in [0.15, 0.2) is 22.7 Å². The van der Waals surface area contributed by atoms with E-state index >= 15 is 0 Å². The van der Waals surface area contributed by atoms with Gasteiger partial charge in [-0.1, -0.05) is 17.0 Å². The van der Waals surface area contributed by atoms with Crippen molar-refractivity contribution in [1.29, 1.82) is 0 Å². The zero-order chi connectivity index (χ0) is 14.5. The molecule has 2 N–H and O–H groups in total. The van der Waals surface area contributed by atoms with Gasteiger partial charge in [-0.25, -0.2) is 0 Å². The van der Waals surface area contributed by atoms with E-state index in [1.165, 1.54) is 0 Å². The zero-order valence-corrected chi connectivity index (χ0v) is 11.1. The highest BCUT2D eigenvalue weighted by Gasteiger charge is 2.11. The number of hydrogen-bond donors (Lipinski definition) is 2. The molecule has 102 valence electrons. The second-order valence-corrected chi connectivity index (χ2v) is 4.09. The van der Waals surface area contributed by atoms with Crippen LogP contribution in [0.25, 0.3) is 0 Å². The van der Waals surface area contributed by atoms with Gasteiger partial charge in [0.15, 0.2) is 5.82 Å². The standard InChI is InChI=1S/C14H13N3O3/c1-9-8-12(6-5-11(9)4-3-7-18)13(19)16-14-15-10(2)17-20-14/h5-6,8,18H,7H2,1-2H3,(H,15,16,17,19). The second kappa shape index (κ2) is 5.99. The number of nitrogens with one attached hydrogen (secondary N) is 1. The molecule has 0 bridgehead atoms. The Bertz CT molecular complexity index is 695. The molecule has 0 saturated heterocycles. The third kappa shape index (κ3) is 3.22. The van der Waals surface area contributed by atoms with E-state index in [1.807, 2.05) is 6.92 Å². The minimum atomic E-state index is -0.335. The number of carbonyl (C=O) groups is 1. The van der Waals surface area contributed by atoms with Gasteiger partial charge >= 0.3 is 6.01 Å². The molecule has 0 atom stereocenters. The maximum absolute atomic E-state index is 12.0. The minimum Gasteiger partial charge on any atom is -0.384 e. The Labute approximate surface area is 115 Å². The number of amides is 1. The molecule has 1 aromatic carbocycles. The Morgan fingerprint density at radius 2 is 2.25 bits per heavy atom. The van der Waals surface area contributed by atoms with E-state index in [0.717, 1.165) is 11.1 Å². The monoisotopic (exact) mass is 271 g/mol. The van der Waals surface area contributed by atoms with Gasteiger partial charge in [-0.15, -0.1) is 0 Å². The van der Waals surface area contributed by atoms with E-state index in [4.69, 9.17) is 9.63 Å². The van der Waals surface area contributed by atoms with Gasteiger partial charge in [0.25, 0.3) is 5.91 Å². The maximum Gasteiger partial charge on any atom is 0.328 e. The van der Waals surface area contributed by atoms with Crippen molar-refractivity contribution < 1.29 is 14.4 Å². The topological polar surface area (TPSA) is 88.2 Å². The number of anilines is 1. The van der Waals surface area contributed by atoms with Gasteiger partial charge in [-0.05, 0) is 37.6 Å². The van der Waals surface area contributed by atoms with Crippen LogP contribution in [0, 0.1) is 25.7 Å². The first-order valence-corrected chi connectivity index (χ1v) is 5.92. The molecule has 0 saturated carbocycles. The molecule has 6 heteroatoms. The Morgan fingerprint density at radius 1 is 1.45 bits per heavy atom. The summed E-state index contributed by atoms with van der Waals surface area (Å²) in [5.41, 5.74) is 2.08.